The molecule has 1 atom stereocenters. The minimum Gasteiger partial charge on any atom is -0.330 e. The van der Waals surface area contributed by atoms with Gasteiger partial charge in [0.1, 0.15) is 0 Å². The van der Waals surface area contributed by atoms with Crippen LogP contribution in [0.15, 0.2) is 0 Å². The van der Waals surface area contributed by atoms with Gasteiger partial charge in [0.15, 0.2) is 0 Å². The Labute approximate surface area is 108 Å². The second-order valence-corrected chi connectivity index (χ2v) is 7.02. The maximum absolute atomic E-state index is 5.92. The molecule has 102 valence electrons. The van der Waals surface area contributed by atoms with Crippen molar-refractivity contribution >= 4 is 0 Å². The van der Waals surface area contributed by atoms with Crippen molar-refractivity contribution in [2.45, 2.75) is 53.4 Å². The maximum atomic E-state index is 5.92. The van der Waals surface area contributed by atoms with Gasteiger partial charge in [-0.3, -0.25) is 0 Å². The molecule has 1 heterocycles. The van der Waals surface area contributed by atoms with Crippen LogP contribution in [0.3, 0.4) is 0 Å². The van der Waals surface area contributed by atoms with Crippen molar-refractivity contribution in [3.05, 3.63) is 0 Å². The molecule has 0 amide bonds. The van der Waals surface area contributed by atoms with Crippen molar-refractivity contribution in [2.75, 3.05) is 26.2 Å². The summed E-state index contributed by atoms with van der Waals surface area (Å²) in [6.45, 7) is 13.9. The van der Waals surface area contributed by atoms with E-state index in [9.17, 15) is 0 Å². The van der Waals surface area contributed by atoms with E-state index in [1.54, 1.807) is 0 Å². The Morgan fingerprint density at radius 3 is 2.24 bits per heavy atom. The van der Waals surface area contributed by atoms with Crippen molar-refractivity contribution in [3.63, 3.8) is 0 Å². The summed E-state index contributed by atoms with van der Waals surface area (Å²) in [5.41, 5.74) is 6.33. The lowest BCUT2D eigenvalue weighted by Crippen LogP contribution is -2.39. The predicted molar refractivity (Wildman–Crippen MR) is 76.1 cm³/mol. The van der Waals surface area contributed by atoms with E-state index in [4.69, 9.17) is 5.73 Å². The summed E-state index contributed by atoms with van der Waals surface area (Å²) in [6.07, 6.45) is 5.39. The minimum atomic E-state index is 0.409. The lowest BCUT2D eigenvalue weighted by atomic mass is 9.84. The standard InChI is InChI=1S/C15H32N2/c1-5-13-6-8-17(9-7-13)12-14(11-16)10-15(2,3)4/h13-14H,5-12,16H2,1-4H3. The fraction of sp³-hybridized carbons (Fsp3) is 1.00. The van der Waals surface area contributed by atoms with Crippen molar-refractivity contribution in [1.29, 1.82) is 0 Å². The van der Waals surface area contributed by atoms with Gasteiger partial charge in [-0.1, -0.05) is 34.1 Å². The highest BCUT2D eigenvalue weighted by atomic mass is 15.1. The summed E-state index contributed by atoms with van der Waals surface area (Å²) in [6, 6.07) is 0. The molecule has 0 radical (unpaired) electrons. The zero-order valence-corrected chi connectivity index (χ0v) is 12.3. The van der Waals surface area contributed by atoms with E-state index < -0.39 is 0 Å². The molecule has 1 unspecified atom stereocenters. The van der Waals surface area contributed by atoms with Gasteiger partial charge in [-0.05, 0) is 56.1 Å². The normalized spacial score (nSPS) is 21.7. The largest absolute Gasteiger partial charge is 0.330 e. The highest BCUT2D eigenvalue weighted by Gasteiger charge is 2.23. The first-order valence-electron chi connectivity index (χ1n) is 7.37. The van der Waals surface area contributed by atoms with Gasteiger partial charge in [0, 0.05) is 6.54 Å². The number of nitrogens with zero attached hydrogens (tertiary/aromatic N) is 1. The molecule has 0 saturated carbocycles. The van der Waals surface area contributed by atoms with Crippen LogP contribution in [0.1, 0.15) is 53.4 Å². The first kappa shape index (κ1) is 15.0. The molecule has 0 aromatic heterocycles. The molecule has 1 rings (SSSR count). The van der Waals surface area contributed by atoms with E-state index >= 15 is 0 Å². The van der Waals surface area contributed by atoms with Gasteiger partial charge in [-0.2, -0.15) is 0 Å². The summed E-state index contributed by atoms with van der Waals surface area (Å²) in [4.78, 5) is 2.63. The SMILES string of the molecule is CCC1CCN(CC(CN)CC(C)(C)C)CC1. The van der Waals surface area contributed by atoms with Crippen LogP contribution in [-0.4, -0.2) is 31.1 Å². The van der Waals surface area contributed by atoms with Crippen LogP contribution in [0.5, 0.6) is 0 Å². The van der Waals surface area contributed by atoms with E-state index in [1.165, 1.54) is 45.3 Å². The molecule has 2 nitrogen and oxygen atoms in total. The van der Waals surface area contributed by atoms with Crippen molar-refractivity contribution in [2.24, 2.45) is 23.0 Å². The number of rotatable bonds is 5. The Bertz CT molecular complexity index is 199. The molecular weight excluding hydrogens is 208 g/mol. The second-order valence-electron chi connectivity index (χ2n) is 7.02. The zero-order chi connectivity index (χ0) is 12.9. The quantitative estimate of drug-likeness (QED) is 0.800. The Hall–Kier alpha value is -0.0800. The molecule has 1 fully saturated rings. The summed E-state index contributed by atoms with van der Waals surface area (Å²) in [5, 5.41) is 0. The van der Waals surface area contributed by atoms with Crippen LogP contribution >= 0.6 is 0 Å². The van der Waals surface area contributed by atoms with E-state index in [1.807, 2.05) is 0 Å². The number of hydrogen-bond donors (Lipinski definition) is 1. The third-order valence-corrected chi connectivity index (χ3v) is 4.04. The van der Waals surface area contributed by atoms with Gasteiger partial charge in [0.25, 0.3) is 0 Å². The van der Waals surface area contributed by atoms with Gasteiger partial charge in [0.2, 0.25) is 0 Å². The smallest absolute Gasteiger partial charge is 0.00219 e. The molecule has 0 aromatic rings. The second kappa shape index (κ2) is 6.75. The van der Waals surface area contributed by atoms with Crippen molar-refractivity contribution in [3.8, 4) is 0 Å². The maximum Gasteiger partial charge on any atom is 0.00219 e. The van der Waals surface area contributed by atoms with Gasteiger partial charge in [-0.15, -0.1) is 0 Å². The summed E-state index contributed by atoms with van der Waals surface area (Å²) in [5.74, 6) is 1.65. The Morgan fingerprint density at radius 1 is 1.24 bits per heavy atom. The molecule has 17 heavy (non-hydrogen) atoms. The zero-order valence-electron chi connectivity index (χ0n) is 12.3. The number of piperidine rings is 1. The van der Waals surface area contributed by atoms with Crippen LogP contribution in [-0.2, 0) is 0 Å². The average molecular weight is 240 g/mol. The molecule has 0 bridgehead atoms. The fourth-order valence-electron chi connectivity index (χ4n) is 3.03. The van der Waals surface area contributed by atoms with Crippen LogP contribution in [0.25, 0.3) is 0 Å². The topological polar surface area (TPSA) is 29.3 Å². The third kappa shape index (κ3) is 5.87. The van der Waals surface area contributed by atoms with E-state index in [0.29, 0.717) is 11.3 Å². The monoisotopic (exact) mass is 240 g/mol. The number of hydrogen-bond acceptors (Lipinski definition) is 2. The predicted octanol–water partition coefficient (Wildman–Crippen LogP) is 3.12. The molecule has 2 N–H and O–H groups in total. The molecule has 2 heteroatoms. The van der Waals surface area contributed by atoms with Crippen molar-refractivity contribution in [1.82, 2.24) is 4.90 Å². The molecule has 0 aliphatic carbocycles. The van der Waals surface area contributed by atoms with E-state index in [0.717, 1.165) is 12.5 Å². The van der Waals surface area contributed by atoms with Gasteiger partial charge >= 0.3 is 0 Å². The summed E-state index contributed by atoms with van der Waals surface area (Å²) >= 11 is 0. The van der Waals surface area contributed by atoms with Crippen LogP contribution in [0.4, 0.5) is 0 Å². The highest BCUT2D eigenvalue weighted by Crippen LogP contribution is 2.26. The molecule has 0 aromatic carbocycles. The minimum absolute atomic E-state index is 0.409. The van der Waals surface area contributed by atoms with Crippen LogP contribution in [0, 0.1) is 17.3 Å². The van der Waals surface area contributed by atoms with Crippen LogP contribution < -0.4 is 5.73 Å². The van der Waals surface area contributed by atoms with Crippen LogP contribution in [0.2, 0.25) is 0 Å². The summed E-state index contributed by atoms with van der Waals surface area (Å²) < 4.78 is 0. The number of likely N-dealkylation sites (tertiary alicyclic amines) is 1. The molecule has 0 spiro atoms. The van der Waals surface area contributed by atoms with Crippen molar-refractivity contribution < 1.29 is 0 Å². The molecule has 1 aliphatic heterocycles. The Kier molecular flexibility index (Phi) is 5.94. The van der Waals surface area contributed by atoms with E-state index in [-0.39, 0.29) is 0 Å². The van der Waals surface area contributed by atoms with E-state index in [2.05, 4.69) is 32.6 Å². The Balaban J connectivity index is 2.32. The molecule has 1 aliphatic rings. The highest BCUT2D eigenvalue weighted by molar-refractivity contribution is 4.77. The first-order chi connectivity index (χ1) is 7.94. The Morgan fingerprint density at radius 2 is 1.82 bits per heavy atom. The molecular formula is C15H32N2. The first-order valence-corrected chi connectivity index (χ1v) is 7.37. The lowest BCUT2D eigenvalue weighted by molar-refractivity contribution is 0.143. The molecule has 1 saturated heterocycles. The fourth-order valence-corrected chi connectivity index (χ4v) is 3.03. The van der Waals surface area contributed by atoms with Gasteiger partial charge in [-0.25, -0.2) is 0 Å². The summed E-state index contributed by atoms with van der Waals surface area (Å²) in [7, 11) is 0. The van der Waals surface area contributed by atoms with Gasteiger partial charge < -0.3 is 10.6 Å². The lowest BCUT2D eigenvalue weighted by Gasteiger charge is -2.35. The van der Waals surface area contributed by atoms with Gasteiger partial charge in [0.05, 0.1) is 0 Å². The third-order valence-electron chi connectivity index (χ3n) is 4.04. The average Bonchev–Trinajstić information content (AvgIpc) is 2.27. The number of nitrogens with two attached hydrogens (primary N) is 1.